The first-order chi connectivity index (χ1) is 11.4. The lowest BCUT2D eigenvalue weighted by Crippen LogP contribution is -2.34. The van der Waals surface area contributed by atoms with E-state index < -0.39 is 10.0 Å². The highest BCUT2D eigenvalue weighted by atomic mass is 32.2. The maximum absolute atomic E-state index is 13.1. The molecule has 0 saturated heterocycles. The van der Waals surface area contributed by atoms with Gasteiger partial charge in [-0.15, -0.1) is 11.3 Å². The predicted molar refractivity (Wildman–Crippen MR) is 95.8 cm³/mol. The molecule has 0 aromatic carbocycles. The number of sulfonamides is 1. The summed E-state index contributed by atoms with van der Waals surface area (Å²) in [6.07, 6.45) is 6.39. The minimum absolute atomic E-state index is 0.0291. The van der Waals surface area contributed by atoms with Gasteiger partial charge in [0.05, 0.1) is 11.3 Å². The first kappa shape index (κ1) is 17.6. The van der Waals surface area contributed by atoms with Gasteiger partial charge in [0.25, 0.3) is 0 Å². The zero-order valence-corrected chi connectivity index (χ0v) is 16.0. The summed E-state index contributed by atoms with van der Waals surface area (Å²) in [4.78, 5) is 2.08. The molecule has 2 aromatic rings. The largest absolute Gasteiger partial charge is 0.356 e. The normalized spacial score (nSPS) is 17.1. The van der Waals surface area contributed by atoms with E-state index in [9.17, 15) is 8.42 Å². The zero-order valence-electron chi connectivity index (χ0n) is 14.4. The maximum Gasteiger partial charge on any atom is 0.242 e. The molecule has 1 N–H and O–H groups in total. The lowest BCUT2D eigenvalue weighted by atomic mass is 10.1. The van der Waals surface area contributed by atoms with E-state index >= 15 is 0 Å². The van der Waals surface area contributed by atoms with Crippen LogP contribution in [0.3, 0.4) is 0 Å². The molecule has 5 nitrogen and oxygen atoms in total. The van der Waals surface area contributed by atoms with Gasteiger partial charge in [0.15, 0.2) is 5.76 Å². The summed E-state index contributed by atoms with van der Waals surface area (Å²) in [7, 11) is -3.58. The van der Waals surface area contributed by atoms with Crippen molar-refractivity contribution in [3.8, 4) is 11.3 Å². The molecule has 0 spiro atoms. The highest BCUT2D eigenvalue weighted by Gasteiger charge is 2.30. The summed E-state index contributed by atoms with van der Waals surface area (Å²) >= 11 is 1.49. The molecule has 3 rings (SSSR count). The van der Waals surface area contributed by atoms with E-state index in [2.05, 4.69) is 9.88 Å². The third-order valence-electron chi connectivity index (χ3n) is 4.53. The third-order valence-corrected chi connectivity index (χ3v) is 7.37. The van der Waals surface area contributed by atoms with Gasteiger partial charge in [-0.3, -0.25) is 0 Å². The lowest BCUT2D eigenvalue weighted by molar-refractivity contribution is 0.426. The minimum Gasteiger partial charge on any atom is -0.356 e. The quantitative estimate of drug-likeness (QED) is 0.815. The zero-order chi connectivity index (χ0) is 17.3. The van der Waals surface area contributed by atoms with Crippen LogP contribution in [0.15, 0.2) is 15.5 Å². The monoisotopic (exact) mass is 368 g/mol. The number of nitrogens with one attached hydrogen (secondary N) is 1. The van der Waals surface area contributed by atoms with Crippen molar-refractivity contribution in [2.24, 2.45) is 0 Å². The van der Waals surface area contributed by atoms with Crippen molar-refractivity contribution in [3.05, 3.63) is 21.5 Å². The topological polar surface area (TPSA) is 72.2 Å². The summed E-state index contributed by atoms with van der Waals surface area (Å²) in [6, 6.07) is 1.82. The van der Waals surface area contributed by atoms with E-state index in [0.29, 0.717) is 16.2 Å². The summed E-state index contributed by atoms with van der Waals surface area (Å²) in [6.45, 7) is 5.61. The van der Waals surface area contributed by atoms with Crippen molar-refractivity contribution in [1.82, 2.24) is 9.88 Å². The molecule has 24 heavy (non-hydrogen) atoms. The van der Waals surface area contributed by atoms with Crippen LogP contribution in [0.4, 0.5) is 0 Å². The van der Waals surface area contributed by atoms with Crippen molar-refractivity contribution in [3.63, 3.8) is 0 Å². The minimum atomic E-state index is -3.58. The van der Waals surface area contributed by atoms with Gasteiger partial charge < -0.3 is 4.52 Å². The summed E-state index contributed by atoms with van der Waals surface area (Å²) in [5, 5.41) is 3.91. The van der Waals surface area contributed by atoms with Gasteiger partial charge in [0, 0.05) is 21.9 Å². The van der Waals surface area contributed by atoms with E-state index in [1.165, 1.54) is 24.2 Å². The van der Waals surface area contributed by atoms with Gasteiger partial charge in [-0.05, 0) is 33.6 Å². The molecule has 2 heterocycles. The van der Waals surface area contributed by atoms with Crippen LogP contribution >= 0.6 is 11.3 Å². The molecule has 0 bridgehead atoms. The third kappa shape index (κ3) is 3.58. The number of hydrogen-bond acceptors (Lipinski definition) is 5. The Kier molecular flexibility index (Phi) is 5.13. The second-order valence-corrected chi connectivity index (χ2v) is 9.64. The van der Waals surface area contributed by atoms with Gasteiger partial charge in [-0.2, -0.15) is 0 Å². The molecule has 1 aliphatic carbocycles. The number of nitrogens with zero attached hydrogens (tertiary/aromatic N) is 1. The number of rotatable bonds is 4. The van der Waals surface area contributed by atoms with Crippen molar-refractivity contribution in [2.75, 3.05) is 0 Å². The number of aryl methyl sites for hydroxylation is 3. The first-order valence-corrected chi connectivity index (χ1v) is 10.7. The van der Waals surface area contributed by atoms with Crippen LogP contribution < -0.4 is 4.72 Å². The Hall–Kier alpha value is -1.18. The van der Waals surface area contributed by atoms with Crippen LogP contribution in [0.5, 0.6) is 0 Å². The molecular formula is C17H24N2O3S2. The van der Waals surface area contributed by atoms with Crippen molar-refractivity contribution >= 4 is 21.4 Å². The van der Waals surface area contributed by atoms with Gasteiger partial charge >= 0.3 is 0 Å². The summed E-state index contributed by atoms with van der Waals surface area (Å²) in [5.74, 6) is 0.524. The summed E-state index contributed by atoms with van der Waals surface area (Å²) < 4.78 is 34.5. The smallest absolute Gasteiger partial charge is 0.242 e. The van der Waals surface area contributed by atoms with Crippen LogP contribution in [0, 0.1) is 20.8 Å². The average Bonchev–Trinajstić information content (AvgIpc) is 2.93. The Bertz CT molecular complexity index is 813. The van der Waals surface area contributed by atoms with Crippen LogP contribution in [0.25, 0.3) is 11.3 Å². The first-order valence-electron chi connectivity index (χ1n) is 8.44. The van der Waals surface area contributed by atoms with E-state index in [1.807, 2.05) is 20.8 Å². The van der Waals surface area contributed by atoms with Crippen LogP contribution in [0.2, 0.25) is 0 Å². The Labute approximate surface area is 147 Å². The fourth-order valence-electron chi connectivity index (χ4n) is 3.43. The van der Waals surface area contributed by atoms with Crippen molar-refractivity contribution < 1.29 is 12.9 Å². The molecule has 0 radical (unpaired) electrons. The van der Waals surface area contributed by atoms with Crippen molar-refractivity contribution in [2.45, 2.75) is 70.2 Å². The van der Waals surface area contributed by atoms with E-state index in [1.54, 1.807) is 6.07 Å². The standard InChI is InChI=1S/C17H24N2O3S2/c1-11-10-15(22-18-11)16-12(2)23-13(3)17(16)24(20,21)19-14-8-6-4-5-7-9-14/h10,14,19H,4-9H2,1-3H3. The SMILES string of the molecule is Cc1cc(-c2c(C)sc(C)c2S(=O)(=O)NC2CCCCCC2)on1. The molecule has 1 fully saturated rings. The number of hydrogen-bond donors (Lipinski definition) is 1. The van der Waals surface area contributed by atoms with E-state index in [-0.39, 0.29) is 6.04 Å². The molecule has 0 atom stereocenters. The van der Waals surface area contributed by atoms with E-state index in [4.69, 9.17) is 4.52 Å². The fraction of sp³-hybridized carbons (Fsp3) is 0.588. The molecule has 0 unspecified atom stereocenters. The Balaban J connectivity index is 1.98. The number of thiophene rings is 1. The molecular weight excluding hydrogens is 344 g/mol. The summed E-state index contributed by atoms with van der Waals surface area (Å²) in [5.41, 5.74) is 1.40. The van der Waals surface area contributed by atoms with Gasteiger partial charge in [0.1, 0.15) is 4.90 Å². The molecule has 0 amide bonds. The number of aromatic nitrogens is 1. The average molecular weight is 369 g/mol. The molecule has 7 heteroatoms. The van der Waals surface area contributed by atoms with Crippen molar-refractivity contribution in [1.29, 1.82) is 0 Å². The van der Waals surface area contributed by atoms with Crippen LogP contribution in [-0.4, -0.2) is 19.6 Å². The van der Waals surface area contributed by atoms with Gasteiger partial charge in [-0.25, -0.2) is 13.1 Å². The molecule has 132 valence electrons. The Morgan fingerprint density at radius 2 is 1.79 bits per heavy atom. The second-order valence-electron chi connectivity index (χ2n) is 6.56. The van der Waals surface area contributed by atoms with Gasteiger partial charge in [0.2, 0.25) is 10.0 Å². The van der Waals surface area contributed by atoms with Crippen LogP contribution in [-0.2, 0) is 10.0 Å². The van der Waals surface area contributed by atoms with Gasteiger partial charge in [-0.1, -0.05) is 30.8 Å². The highest BCUT2D eigenvalue weighted by Crippen LogP contribution is 2.39. The molecule has 2 aromatic heterocycles. The maximum atomic E-state index is 13.1. The van der Waals surface area contributed by atoms with E-state index in [0.717, 1.165) is 41.1 Å². The Morgan fingerprint density at radius 3 is 2.38 bits per heavy atom. The van der Waals surface area contributed by atoms with Crippen LogP contribution in [0.1, 0.15) is 54.0 Å². The Morgan fingerprint density at radius 1 is 1.12 bits per heavy atom. The molecule has 1 saturated carbocycles. The predicted octanol–water partition coefficient (Wildman–Crippen LogP) is 4.33. The molecule has 1 aliphatic rings. The second kappa shape index (κ2) is 6.98. The molecule has 0 aliphatic heterocycles. The fourth-order valence-corrected chi connectivity index (χ4v) is 6.60. The highest BCUT2D eigenvalue weighted by molar-refractivity contribution is 7.89. The lowest BCUT2D eigenvalue weighted by Gasteiger charge is -2.17.